The quantitative estimate of drug-likeness (QED) is 0.805. The molecule has 90 valence electrons. The number of hydrogen-bond acceptors (Lipinski definition) is 2. The summed E-state index contributed by atoms with van der Waals surface area (Å²) in [5.74, 6) is -0.319. The van der Waals surface area contributed by atoms with Crippen LogP contribution in [0.2, 0.25) is 5.02 Å². The first-order chi connectivity index (χ1) is 8.11. The molecule has 0 radical (unpaired) electrons. The molecule has 4 heteroatoms. The molecule has 0 bridgehead atoms. The molecule has 0 N–H and O–H groups in total. The minimum atomic E-state index is -0.319. The van der Waals surface area contributed by atoms with E-state index in [1.807, 2.05) is 6.92 Å². The van der Waals surface area contributed by atoms with Crippen LogP contribution in [0.5, 0.6) is 0 Å². The van der Waals surface area contributed by atoms with Crippen molar-refractivity contribution < 1.29 is 4.39 Å². The SMILES string of the molecule is CCc1nc(C)c(Cc2cccc(Cl)c2F)s1. The Morgan fingerprint density at radius 2 is 2.18 bits per heavy atom. The van der Waals surface area contributed by atoms with Crippen LogP contribution in [0.1, 0.15) is 28.1 Å². The van der Waals surface area contributed by atoms with Crippen LogP contribution in [-0.4, -0.2) is 4.98 Å². The van der Waals surface area contributed by atoms with Gasteiger partial charge < -0.3 is 0 Å². The van der Waals surface area contributed by atoms with Crippen molar-refractivity contribution in [3.63, 3.8) is 0 Å². The Balaban J connectivity index is 2.31. The topological polar surface area (TPSA) is 12.9 Å². The Morgan fingerprint density at radius 1 is 1.41 bits per heavy atom. The second-order valence-electron chi connectivity index (χ2n) is 3.86. The summed E-state index contributed by atoms with van der Waals surface area (Å²) in [5.41, 5.74) is 1.62. The Bertz CT molecular complexity index is 536. The van der Waals surface area contributed by atoms with Crippen LogP contribution in [0.4, 0.5) is 4.39 Å². The van der Waals surface area contributed by atoms with Gasteiger partial charge in [0, 0.05) is 11.3 Å². The highest BCUT2D eigenvalue weighted by Crippen LogP contribution is 2.25. The van der Waals surface area contributed by atoms with Gasteiger partial charge in [-0.05, 0) is 25.0 Å². The lowest BCUT2D eigenvalue weighted by Crippen LogP contribution is -1.93. The van der Waals surface area contributed by atoms with E-state index in [2.05, 4.69) is 11.9 Å². The van der Waals surface area contributed by atoms with Crippen LogP contribution in [0.15, 0.2) is 18.2 Å². The summed E-state index contributed by atoms with van der Waals surface area (Å²) in [6, 6.07) is 5.11. The number of aromatic nitrogens is 1. The fourth-order valence-electron chi connectivity index (χ4n) is 1.66. The molecule has 0 amide bonds. The van der Waals surface area contributed by atoms with Crippen molar-refractivity contribution >= 4 is 22.9 Å². The summed E-state index contributed by atoms with van der Waals surface area (Å²) in [6.45, 7) is 4.04. The van der Waals surface area contributed by atoms with Crippen LogP contribution in [-0.2, 0) is 12.8 Å². The Labute approximate surface area is 109 Å². The van der Waals surface area contributed by atoms with Gasteiger partial charge in [-0.25, -0.2) is 9.37 Å². The third-order valence-electron chi connectivity index (χ3n) is 2.62. The fraction of sp³-hybridized carbons (Fsp3) is 0.308. The zero-order valence-electron chi connectivity index (χ0n) is 9.76. The average molecular weight is 270 g/mol. The van der Waals surface area contributed by atoms with E-state index in [1.165, 1.54) is 0 Å². The van der Waals surface area contributed by atoms with Gasteiger partial charge in [0.25, 0.3) is 0 Å². The number of benzene rings is 1. The van der Waals surface area contributed by atoms with Crippen LogP contribution < -0.4 is 0 Å². The summed E-state index contributed by atoms with van der Waals surface area (Å²) in [7, 11) is 0. The van der Waals surface area contributed by atoms with E-state index in [4.69, 9.17) is 11.6 Å². The van der Waals surface area contributed by atoms with Crippen LogP contribution in [0.25, 0.3) is 0 Å². The van der Waals surface area contributed by atoms with Gasteiger partial charge in [-0.1, -0.05) is 30.7 Å². The maximum atomic E-state index is 13.8. The van der Waals surface area contributed by atoms with Gasteiger partial charge in [0.2, 0.25) is 0 Å². The van der Waals surface area contributed by atoms with Gasteiger partial charge in [0.15, 0.2) is 0 Å². The molecule has 2 aromatic rings. The number of nitrogens with zero attached hydrogens (tertiary/aromatic N) is 1. The first-order valence-electron chi connectivity index (χ1n) is 5.50. The highest BCUT2D eigenvalue weighted by molar-refractivity contribution is 7.11. The molecule has 0 spiro atoms. The molecule has 0 aliphatic heterocycles. The van der Waals surface area contributed by atoms with Gasteiger partial charge in [-0.15, -0.1) is 11.3 Å². The van der Waals surface area contributed by atoms with Gasteiger partial charge in [-0.3, -0.25) is 0 Å². The highest BCUT2D eigenvalue weighted by atomic mass is 35.5. The molecule has 0 saturated carbocycles. The molecule has 1 heterocycles. The molecule has 0 aliphatic carbocycles. The first-order valence-corrected chi connectivity index (χ1v) is 6.69. The van der Waals surface area contributed by atoms with Crippen molar-refractivity contribution in [2.75, 3.05) is 0 Å². The molecule has 1 aromatic carbocycles. The number of rotatable bonds is 3. The van der Waals surface area contributed by atoms with Crippen molar-refractivity contribution in [2.24, 2.45) is 0 Å². The van der Waals surface area contributed by atoms with E-state index in [0.29, 0.717) is 12.0 Å². The third kappa shape index (κ3) is 2.67. The molecule has 0 saturated heterocycles. The number of hydrogen-bond donors (Lipinski definition) is 0. The molecule has 17 heavy (non-hydrogen) atoms. The van der Waals surface area contributed by atoms with E-state index >= 15 is 0 Å². The van der Waals surface area contributed by atoms with Crippen molar-refractivity contribution in [3.05, 3.63) is 50.2 Å². The predicted molar refractivity (Wildman–Crippen MR) is 70.4 cm³/mol. The van der Waals surface area contributed by atoms with Gasteiger partial charge in [0.05, 0.1) is 15.7 Å². The van der Waals surface area contributed by atoms with Gasteiger partial charge >= 0.3 is 0 Å². The van der Waals surface area contributed by atoms with E-state index < -0.39 is 0 Å². The third-order valence-corrected chi connectivity index (χ3v) is 4.22. The first kappa shape index (κ1) is 12.5. The van der Waals surface area contributed by atoms with Crippen molar-refractivity contribution in [3.8, 4) is 0 Å². The smallest absolute Gasteiger partial charge is 0.145 e. The molecular weight excluding hydrogens is 257 g/mol. The van der Waals surface area contributed by atoms with Crippen LogP contribution in [0, 0.1) is 12.7 Å². The van der Waals surface area contributed by atoms with E-state index in [9.17, 15) is 4.39 Å². The lowest BCUT2D eigenvalue weighted by molar-refractivity contribution is 0.614. The molecule has 2 rings (SSSR count). The molecular formula is C13H13ClFNS. The summed E-state index contributed by atoms with van der Waals surface area (Å²) in [6.07, 6.45) is 1.49. The van der Waals surface area contributed by atoms with E-state index in [1.54, 1.807) is 29.5 Å². The van der Waals surface area contributed by atoms with E-state index in [0.717, 1.165) is 22.0 Å². The van der Waals surface area contributed by atoms with Gasteiger partial charge in [0.1, 0.15) is 5.82 Å². The van der Waals surface area contributed by atoms with Crippen molar-refractivity contribution in [1.82, 2.24) is 4.98 Å². The predicted octanol–water partition coefficient (Wildman–Crippen LogP) is 4.40. The standard InChI is InChI=1S/C13H13ClFNS/c1-3-12-16-8(2)11(17-12)7-9-5-4-6-10(14)13(9)15/h4-6H,3,7H2,1-2H3. The number of thiazole rings is 1. The highest BCUT2D eigenvalue weighted by Gasteiger charge is 2.11. The Kier molecular flexibility index (Phi) is 3.79. The maximum absolute atomic E-state index is 13.8. The minimum absolute atomic E-state index is 0.181. The van der Waals surface area contributed by atoms with Crippen LogP contribution in [0.3, 0.4) is 0 Å². The zero-order valence-corrected chi connectivity index (χ0v) is 11.3. The Morgan fingerprint density at radius 3 is 2.82 bits per heavy atom. The molecule has 0 unspecified atom stereocenters. The molecule has 1 aromatic heterocycles. The summed E-state index contributed by atoms with van der Waals surface area (Å²) in [4.78, 5) is 5.55. The Hall–Kier alpha value is -0.930. The monoisotopic (exact) mass is 269 g/mol. The lowest BCUT2D eigenvalue weighted by Gasteiger charge is -2.03. The largest absolute Gasteiger partial charge is 0.246 e. The summed E-state index contributed by atoms with van der Waals surface area (Å²) < 4.78 is 13.8. The average Bonchev–Trinajstić information content (AvgIpc) is 2.66. The lowest BCUT2D eigenvalue weighted by atomic mass is 10.1. The number of halogens is 2. The number of aryl methyl sites for hydroxylation is 2. The fourth-order valence-corrected chi connectivity index (χ4v) is 2.89. The molecule has 1 nitrogen and oxygen atoms in total. The van der Waals surface area contributed by atoms with Gasteiger partial charge in [-0.2, -0.15) is 0 Å². The normalized spacial score (nSPS) is 10.8. The second-order valence-corrected chi connectivity index (χ2v) is 5.43. The molecule has 0 atom stereocenters. The van der Waals surface area contributed by atoms with Crippen molar-refractivity contribution in [1.29, 1.82) is 0 Å². The minimum Gasteiger partial charge on any atom is -0.246 e. The van der Waals surface area contributed by atoms with E-state index in [-0.39, 0.29) is 10.8 Å². The summed E-state index contributed by atoms with van der Waals surface area (Å²) in [5, 5.41) is 1.28. The van der Waals surface area contributed by atoms with Crippen molar-refractivity contribution in [2.45, 2.75) is 26.7 Å². The molecule has 0 aliphatic rings. The molecule has 0 fully saturated rings. The van der Waals surface area contributed by atoms with Crippen LogP contribution >= 0.6 is 22.9 Å². The maximum Gasteiger partial charge on any atom is 0.145 e. The zero-order chi connectivity index (χ0) is 12.4. The second kappa shape index (κ2) is 5.15. The summed E-state index contributed by atoms with van der Waals surface area (Å²) >= 11 is 7.41.